The molecule has 14 heavy (non-hydrogen) atoms. The molecule has 0 amide bonds. The molecule has 0 saturated carbocycles. The van der Waals surface area contributed by atoms with Gasteiger partial charge in [0.15, 0.2) is 0 Å². The molecule has 4 heteroatoms. The fourth-order valence-electron chi connectivity index (χ4n) is 1.49. The lowest BCUT2D eigenvalue weighted by atomic mass is 10.0. The van der Waals surface area contributed by atoms with Crippen molar-refractivity contribution >= 4 is 11.9 Å². The van der Waals surface area contributed by atoms with Crippen LogP contribution < -0.4 is 0 Å². The van der Waals surface area contributed by atoms with E-state index in [1.54, 1.807) is 0 Å². The normalized spacial score (nSPS) is 17.8. The molecule has 0 aromatic carbocycles. The van der Waals surface area contributed by atoms with Gasteiger partial charge < -0.3 is 0 Å². The minimum absolute atomic E-state index is 0.408. The van der Waals surface area contributed by atoms with Crippen molar-refractivity contribution in [2.24, 2.45) is 5.92 Å². The topological polar surface area (TPSA) is 52.6 Å². The van der Waals surface area contributed by atoms with Crippen molar-refractivity contribution in [2.75, 3.05) is 0 Å². The van der Waals surface area contributed by atoms with E-state index in [9.17, 15) is 9.59 Å². The maximum atomic E-state index is 11.4. The van der Waals surface area contributed by atoms with Crippen LogP contribution in [-0.4, -0.2) is 11.9 Å². The first kappa shape index (κ1) is 8.74. The molecule has 0 heterocycles. The number of fused-ring (bicyclic) bond motifs is 2. The number of allylic oxidation sites excluding steroid dienone is 4. The third-order valence-electron chi connectivity index (χ3n) is 2.08. The van der Waals surface area contributed by atoms with Gasteiger partial charge in [-0.15, -0.1) is 0 Å². The molecular weight excluding hydrogens is 184 g/mol. The van der Waals surface area contributed by atoms with Gasteiger partial charge in [-0.1, -0.05) is 24.3 Å². The Labute approximate surface area is 80.4 Å². The van der Waals surface area contributed by atoms with E-state index in [4.69, 9.17) is 0 Å². The number of rotatable bonds is 1. The van der Waals surface area contributed by atoms with Crippen LogP contribution in [0.3, 0.4) is 0 Å². The largest absolute Gasteiger partial charge is 0.367 e. The van der Waals surface area contributed by atoms with Gasteiger partial charge in [-0.05, 0) is 11.1 Å². The predicted molar refractivity (Wildman–Crippen MR) is 46.7 cm³/mol. The molecule has 2 rings (SSSR count). The summed E-state index contributed by atoms with van der Waals surface area (Å²) in [6.45, 7) is 1.17. The van der Waals surface area contributed by atoms with Gasteiger partial charge in [0.25, 0.3) is 0 Å². The summed E-state index contributed by atoms with van der Waals surface area (Å²) in [4.78, 5) is 30.3. The predicted octanol–water partition coefficient (Wildman–Crippen LogP) is 1.06. The van der Waals surface area contributed by atoms with Crippen LogP contribution >= 0.6 is 0 Å². The summed E-state index contributed by atoms with van der Waals surface area (Å²) in [6.07, 6.45) is 7.37. The van der Waals surface area contributed by atoms with Crippen LogP contribution in [-0.2, 0) is 19.4 Å². The van der Waals surface area contributed by atoms with E-state index >= 15 is 0 Å². The molecule has 0 N–H and O–H groups in total. The van der Waals surface area contributed by atoms with Crippen molar-refractivity contribution in [2.45, 2.75) is 6.92 Å². The summed E-state index contributed by atoms with van der Waals surface area (Å²) in [5.74, 6) is -1.60. The van der Waals surface area contributed by atoms with Crippen LogP contribution in [0.1, 0.15) is 6.92 Å². The Morgan fingerprint density at radius 3 is 2.14 bits per heavy atom. The summed E-state index contributed by atoms with van der Waals surface area (Å²) in [7, 11) is 0. The molecule has 4 nitrogen and oxygen atoms in total. The summed E-state index contributed by atoms with van der Waals surface area (Å²) in [5, 5.41) is 0. The van der Waals surface area contributed by atoms with Gasteiger partial charge in [0, 0.05) is 6.92 Å². The Kier molecular flexibility index (Phi) is 1.96. The first-order valence-electron chi connectivity index (χ1n) is 4.17. The van der Waals surface area contributed by atoms with Crippen molar-refractivity contribution in [3.8, 4) is 0 Å². The lowest BCUT2D eigenvalue weighted by Gasteiger charge is -2.07. The summed E-state index contributed by atoms with van der Waals surface area (Å²) >= 11 is 0. The Morgan fingerprint density at radius 2 is 1.71 bits per heavy atom. The Bertz CT molecular complexity index is 365. The molecule has 0 spiro atoms. The third-order valence-corrected chi connectivity index (χ3v) is 2.08. The van der Waals surface area contributed by atoms with E-state index in [0.29, 0.717) is 0 Å². The van der Waals surface area contributed by atoms with Crippen LogP contribution in [0.5, 0.6) is 0 Å². The van der Waals surface area contributed by atoms with Gasteiger partial charge in [0.2, 0.25) is 0 Å². The van der Waals surface area contributed by atoms with Crippen molar-refractivity contribution in [3.63, 3.8) is 0 Å². The van der Waals surface area contributed by atoms with Crippen LogP contribution in [0, 0.1) is 5.92 Å². The molecule has 2 aliphatic carbocycles. The first-order valence-corrected chi connectivity index (χ1v) is 4.17. The average Bonchev–Trinajstić information content (AvgIpc) is 2.73. The Balaban J connectivity index is 1.99. The average molecular weight is 192 g/mol. The lowest BCUT2D eigenvalue weighted by molar-refractivity contribution is -0.258. The van der Waals surface area contributed by atoms with Gasteiger partial charge in [-0.2, -0.15) is 0 Å². The molecule has 0 fully saturated rings. The van der Waals surface area contributed by atoms with E-state index in [1.807, 2.05) is 24.3 Å². The molecule has 0 aromatic heterocycles. The molecule has 72 valence electrons. The molecule has 0 saturated heterocycles. The fourth-order valence-corrected chi connectivity index (χ4v) is 1.49. The van der Waals surface area contributed by atoms with E-state index < -0.39 is 17.9 Å². The molecule has 0 aliphatic heterocycles. The second-order valence-electron chi connectivity index (χ2n) is 3.08. The molecular formula is C10H8O4. The molecule has 0 aromatic rings. The number of hydrogen-bond donors (Lipinski definition) is 0. The van der Waals surface area contributed by atoms with Crippen molar-refractivity contribution < 1.29 is 19.4 Å². The molecule has 0 radical (unpaired) electrons. The van der Waals surface area contributed by atoms with Gasteiger partial charge in [-0.25, -0.2) is 19.4 Å². The number of hydrogen-bond acceptors (Lipinski definition) is 4. The van der Waals surface area contributed by atoms with Crippen molar-refractivity contribution in [1.82, 2.24) is 0 Å². The van der Waals surface area contributed by atoms with Crippen LogP contribution in [0.15, 0.2) is 35.5 Å². The lowest BCUT2D eigenvalue weighted by Crippen LogP contribution is -2.18. The number of carbonyl (C=O) groups excluding carboxylic acids is 2. The van der Waals surface area contributed by atoms with Crippen LogP contribution in [0.4, 0.5) is 0 Å². The monoisotopic (exact) mass is 192 g/mol. The fraction of sp³-hybridized carbons (Fsp3) is 0.200. The van der Waals surface area contributed by atoms with Gasteiger partial charge >= 0.3 is 11.9 Å². The molecule has 0 unspecified atom stereocenters. The van der Waals surface area contributed by atoms with E-state index in [2.05, 4.69) is 9.78 Å². The van der Waals surface area contributed by atoms with Crippen LogP contribution in [0.2, 0.25) is 0 Å². The van der Waals surface area contributed by atoms with Gasteiger partial charge in [-0.3, -0.25) is 0 Å². The van der Waals surface area contributed by atoms with Gasteiger partial charge in [0.05, 0.1) is 0 Å². The highest BCUT2D eigenvalue weighted by Crippen LogP contribution is 2.35. The maximum absolute atomic E-state index is 11.4. The van der Waals surface area contributed by atoms with E-state index in [-0.39, 0.29) is 0 Å². The first-order chi connectivity index (χ1) is 6.68. The summed E-state index contributed by atoms with van der Waals surface area (Å²) in [5.41, 5.74) is 1.74. The maximum Gasteiger partial charge on any atom is 0.367 e. The highest BCUT2D eigenvalue weighted by molar-refractivity contribution is 5.85. The molecule has 2 bridgehead atoms. The zero-order chi connectivity index (χ0) is 10.1. The Morgan fingerprint density at radius 1 is 1.14 bits per heavy atom. The summed E-state index contributed by atoms with van der Waals surface area (Å²) < 4.78 is 0. The van der Waals surface area contributed by atoms with E-state index in [1.165, 1.54) is 6.92 Å². The molecule has 0 atom stereocenters. The highest BCUT2D eigenvalue weighted by Gasteiger charge is 2.33. The standard InChI is InChI=1S/C10H8O4/c1-6(11)13-14-10(12)9-7-2-3-8(9)5-4-7/h2-5,9H,1H3. The summed E-state index contributed by atoms with van der Waals surface area (Å²) in [6, 6.07) is 0. The number of carbonyl (C=O) groups is 2. The zero-order valence-corrected chi connectivity index (χ0v) is 7.52. The highest BCUT2D eigenvalue weighted by atomic mass is 17.2. The second-order valence-corrected chi connectivity index (χ2v) is 3.08. The minimum atomic E-state index is -0.639. The SMILES string of the molecule is CC(=O)OOC(=O)C1C2=CC=C1C=C2. The van der Waals surface area contributed by atoms with Crippen molar-refractivity contribution in [1.29, 1.82) is 0 Å². The van der Waals surface area contributed by atoms with E-state index in [0.717, 1.165) is 11.1 Å². The molecule has 2 aliphatic rings. The minimum Gasteiger partial charge on any atom is -0.248 e. The third kappa shape index (κ3) is 1.35. The smallest absolute Gasteiger partial charge is 0.248 e. The quantitative estimate of drug-likeness (QED) is 0.460. The Hall–Kier alpha value is -1.84. The van der Waals surface area contributed by atoms with Gasteiger partial charge in [0.1, 0.15) is 5.92 Å². The second kappa shape index (κ2) is 3.14. The van der Waals surface area contributed by atoms with Crippen molar-refractivity contribution in [3.05, 3.63) is 35.5 Å². The zero-order valence-electron chi connectivity index (χ0n) is 7.52. The van der Waals surface area contributed by atoms with Crippen LogP contribution in [0.25, 0.3) is 0 Å².